The van der Waals surface area contributed by atoms with Gasteiger partial charge in [0.05, 0.1) is 13.7 Å². The largest absolute Gasteiger partial charge is 0.497 e. The van der Waals surface area contributed by atoms with Gasteiger partial charge in [-0.3, -0.25) is 4.79 Å². The lowest BCUT2D eigenvalue weighted by Crippen LogP contribution is -2.09. The summed E-state index contributed by atoms with van der Waals surface area (Å²) < 4.78 is 15.9. The number of hydrogen-bond donors (Lipinski definition) is 0. The van der Waals surface area contributed by atoms with Crippen LogP contribution in [0.4, 0.5) is 0 Å². The van der Waals surface area contributed by atoms with E-state index in [2.05, 4.69) is 0 Å². The van der Waals surface area contributed by atoms with E-state index in [9.17, 15) is 4.79 Å². The second kappa shape index (κ2) is 10.3. The third-order valence-corrected chi connectivity index (χ3v) is 3.52. The topological polar surface area (TPSA) is 92.3 Å². The number of ether oxygens (including phenoxy) is 3. The summed E-state index contributed by atoms with van der Waals surface area (Å²) in [5.74, 6) is 1.51. The Hall–Kier alpha value is -3.77. The summed E-state index contributed by atoms with van der Waals surface area (Å²) in [6, 6.07) is 17.4. The van der Waals surface area contributed by atoms with Crippen molar-refractivity contribution in [3.8, 4) is 29.4 Å². The lowest BCUT2D eigenvalue weighted by atomic mass is 10.1. The highest BCUT2D eigenvalue weighted by molar-refractivity contribution is 5.72. The van der Waals surface area contributed by atoms with Gasteiger partial charge in [-0.15, -0.1) is 0 Å². The van der Waals surface area contributed by atoms with E-state index in [0.717, 1.165) is 5.75 Å². The van der Waals surface area contributed by atoms with Crippen LogP contribution in [0.2, 0.25) is 0 Å². The molecular formula is C21H18N2O4. The maximum Gasteiger partial charge on any atom is 0.311 e. The lowest BCUT2D eigenvalue weighted by Gasteiger charge is -2.07. The monoisotopic (exact) mass is 362 g/mol. The predicted octanol–water partition coefficient (Wildman–Crippen LogP) is 3.89. The maximum atomic E-state index is 11.9. The van der Waals surface area contributed by atoms with Crippen LogP contribution >= 0.6 is 0 Å². The number of allylic oxidation sites excluding steroid dienone is 1. The molecule has 0 aliphatic carbocycles. The molecule has 6 nitrogen and oxygen atoms in total. The predicted molar refractivity (Wildman–Crippen MR) is 99.0 cm³/mol. The van der Waals surface area contributed by atoms with Crippen molar-refractivity contribution >= 4 is 12.0 Å². The SMILES string of the molecule is COc1ccc(OCCCC(=O)Oc2ccc(C=C(C#N)C#N)cc2)cc1. The maximum absolute atomic E-state index is 11.9. The van der Waals surface area contributed by atoms with Gasteiger partial charge in [0.2, 0.25) is 0 Å². The van der Waals surface area contributed by atoms with Gasteiger partial charge in [0.1, 0.15) is 35.0 Å². The molecule has 0 aliphatic rings. The van der Waals surface area contributed by atoms with Crippen molar-refractivity contribution in [3.63, 3.8) is 0 Å². The van der Waals surface area contributed by atoms with E-state index in [1.807, 2.05) is 0 Å². The van der Waals surface area contributed by atoms with E-state index < -0.39 is 0 Å². The van der Waals surface area contributed by atoms with Crippen molar-refractivity contribution < 1.29 is 19.0 Å². The Kier molecular flexibility index (Phi) is 7.44. The Balaban J connectivity index is 1.74. The Morgan fingerprint density at radius 3 is 2.15 bits per heavy atom. The van der Waals surface area contributed by atoms with Crippen LogP contribution in [0.25, 0.3) is 6.08 Å². The van der Waals surface area contributed by atoms with Crippen LogP contribution < -0.4 is 14.2 Å². The molecule has 0 bridgehead atoms. The van der Waals surface area contributed by atoms with Crippen LogP contribution in [0.5, 0.6) is 17.2 Å². The molecule has 0 saturated carbocycles. The van der Waals surface area contributed by atoms with Gasteiger partial charge in [-0.1, -0.05) is 12.1 Å². The molecule has 0 aromatic heterocycles. The quantitative estimate of drug-likeness (QED) is 0.306. The van der Waals surface area contributed by atoms with E-state index >= 15 is 0 Å². The van der Waals surface area contributed by atoms with Crippen molar-refractivity contribution in [3.05, 3.63) is 59.7 Å². The minimum Gasteiger partial charge on any atom is -0.497 e. The minimum absolute atomic E-state index is 0.0107. The van der Waals surface area contributed by atoms with Gasteiger partial charge in [0.15, 0.2) is 0 Å². The highest BCUT2D eigenvalue weighted by atomic mass is 16.5. The first kappa shape index (κ1) is 19.6. The zero-order valence-corrected chi connectivity index (χ0v) is 14.8. The number of hydrogen-bond acceptors (Lipinski definition) is 6. The molecule has 0 amide bonds. The van der Waals surface area contributed by atoms with E-state index in [0.29, 0.717) is 30.1 Å². The van der Waals surface area contributed by atoms with Gasteiger partial charge in [0, 0.05) is 6.42 Å². The average Bonchev–Trinajstić information content (AvgIpc) is 2.71. The first-order valence-electron chi connectivity index (χ1n) is 8.24. The summed E-state index contributed by atoms with van der Waals surface area (Å²) in [5.41, 5.74) is 0.692. The first-order valence-corrected chi connectivity index (χ1v) is 8.24. The third-order valence-electron chi connectivity index (χ3n) is 3.52. The number of methoxy groups -OCH3 is 1. The van der Waals surface area contributed by atoms with Gasteiger partial charge < -0.3 is 14.2 Å². The second-order valence-corrected chi connectivity index (χ2v) is 5.45. The number of nitrogens with zero attached hydrogens (tertiary/aromatic N) is 2. The fourth-order valence-corrected chi connectivity index (χ4v) is 2.15. The molecule has 27 heavy (non-hydrogen) atoms. The minimum atomic E-state index is -0.355. The van der Waals surface area contributed by atoms with Crippen LogP contribution in [-0.4, -0.2) is 19.7 Å². The smallest absolute Gasteiger partial charge is 0.311 e. The molecule has 0 spiro atoms. The van der Waals surface area contributed by atoms with Crippen LogP contribution in [0, 0.1) is 22.7 Å². The van der Waals surface area contributed by atoms with Crippen molar-refractivity contribution in [1.82, 2.24) is 0 Å². The van der Waals surface area contributed by atoms with Crippen molar-refractivity contribution in [2.45, 2.75) is 12.8 Å². The van der Waals surface area contributed by atoms with E-state index in [4.69, 9.17) is 24.7 Å². The Bertz CT molecular complexity index is 856. The number of esters is 1. The normalized spacial score (nSPS) is 9.44. The number of carbonyl (C=O) groups excluding carboxylic acids is 1. The molecule has 2 aromatic carbocycles. The number of nitriles is 2. The molecule has 0 fully saturated rings. The van der Waals surface area contributed by atoms with E-state index in [1.165, 1.54) is 6.08 Å². The van der Waals surface area contributed by atoms with E-state index in [-0.39, 0.29) is 18.0 Å². The summed E-state index contributed by atoms with van der Waals surface area (Å²) in [6.45, 7) is 0.399. The summed E-state index contributed by atoms with van der Waals surface area (Å²) in [7, 11) is 1.60. The van der Waals surface area contributed by atoms with Crippen LogP contribution in [-0.2, 0) is 4.79 Å². The Labute approximate surface area is 157 Å². The molecule has 0 atom stereocenters. The molecule has 0 N–H and O–H groups in total. The molecule has 136 valence electrons. The van der Waals surface area contributed by atoms with Crippen molar-refractivity contribution in [1.29, 1.82) is 10.5 Å². The van der Waals surface area contributed by atoms with Crippen LogP contribution in [0.15, 0.2) is 54.1 Å². The molecule has 2 aromatic rings. The average molecular weight is 362 g/mol. The highest BCUT2D eigenvalue weighted by Gasteiger charge is 2.05. The van der Waals surface area contributed by atoms with E-state index in [1.54, 1.807) is 67.8 Å². The zero-order chi connectivity index (χ0) is 19.5. The third kappa shape index (κ3) is 6.56. The highest BCUT2D eigenvalue weighted by Crippen LogP contribution is 2.18. The Morgan fingerprint density at radius 2 is 1.56 bits per heavy atom. The van der Waals surface area contributed by atoms with Crippen molar-refractivity contribution in [2.75, 3.05) is 13.7 Å². The van der Waals surface area contributed by atoms with Crippen LogP contribution in [0.3, 0.4) is 0 Å². The van der Waals surface area contributed by atoms with Gasteiger partial charge in [0.25, 0.3) is 0 Å². The summed E-state index contributed by atoms with van der Waals surface area (Å²) in [4.78, 5) is 11.9. The fourth-order valence-electron chi connectivity index (χ4n) is 2.15. The van der Waals surface area contributed by atoms with Gasteiger partial charge in [-0.25, -0.2) is 0 Å². The zero-order valence-electron chi connectivity index (χ0n) is 14.8. The summed E-state index contributed by atoms with van der Waals surface area (Å²) in [6.07, 6.45) is 2.21. The molecule has 0 saturated heterocycles. The second-order valence-electron chi connectivity index (χ2n) is 5.45. The molecule has 6 heteroatoms. The standard InChI is InChI=1S/C21H18N2O4/c1-25-18-8-10-19(11-9-18)26-12-2-3-21(24)27-20-6-4-16(5-7-20)13-17(14-22)15-23/h4-11,13H,2-3,12H2,1H3. The molecule has 0 radical (unpaired) electrons. The van der Waals surface area contributed by atoms with Crippen LogP contribution in [0.1, 0.15) is 18.4 Å². The summed E-state index contributed by atoms with van der Waals surface area (Å²) in [5, 5.41) is 17.5. The van der Waals surface area contributed by atoms with Gasteiger partial charge in [-0.05, 0) is 54.5 Å². The molecule has 2 rings (SSSR count). The Morgan fingerprint density at radius 1 is 0.963 bits per heavy atom. The van der Waals surface area contributed by atoms with Gasteiger partial charge in [-0.2, -0.15) is 10.5 Å². The number of carbonyl (C=O) groups is 1. The first-order chi connectivity index (χ1) is 13.1. The molecule has 0 aliphatic heterocycles. The fraction of sp³-hybridized carbons (Fsp3) is 0.190. The van der Waals surface area contributed by atoms with Gasteiger partial charge >= 0.3 is 5.97 Å². The lowest BCUT2D eigenvalue weighted by molar-refractivity contribution is -0.134. The number of rotatable bonds is 8. The molecular weight excluding hydrogens is 344 g/mol. The summed E-state index contributed by atoms with van der Waals surface area (Å²) >= 11 is 0. The molecule has 0 unspecified atom stereocenters. The molecule has 0 heterocycles. The number of benzene rings is 2. The van der Waals surface area contributed by atoms with Crippen molar-refractivity contribution in [2.24, 2.45) is 0 Å².